The van der Waals surface area contributed by atoms with Gasteiger partial charge in [0.15, 0.2) is 0 Å². The third kappa shape index (κ3) is 11.3. The topological polar surface area (TPSA) is 271 Å². The number of sulfonamides is 2. The monoisotopic (exact) mass is 874 g/mol. The molecule has 17 nitrogen and oxygen atoms in total. The van der Waals surface area contributed by atoms with Gasteiger partial charge in [0.1, 0.15) is 27.7 Å². The fourth-order valence-electron chi connectivity index (χ4n) is 5.44. The van der Waals surface area contributed by atoms with Gasteiger partial charge < -0.3 is 15.4 Å². The van der Waals surface area contributed by atoms with Crippen molar-refractivity contribution >= 4 is 66.4 Å². The molecule has 0 bridgehead atoms. The lowest BCUT2D eigenvalue weighted by molar-refractivity contribution is -0.116. The van der Waals surface area contributed by atoms with E-state index in [1.807, 2.05) is 31.2 Å². The second-order valence-corrected chi connectivity index (χ2v) is 16.4. The molecule has 59 heavy (non-hydrogen) atoms. The van der Waals surface area contributed by atoms with Gasteiger partial charge in [-0.3, -0.25) is 9.59 Å². The van der Waals surface area contributed by atoms with Gasteiger partial charge in [0, 0.05) is 33.8 Å². The average molecular weight is 876 g/mol. The number of halogens is 2. The lowest BCUT2D eigenvalue weighted by Gasteiger charge is -2.12. The number of methoxy groups -OCH3 is 1. The Labute approximate surface area is 348 Å². The van der Waals surface area contributed by atoms with Crippen molar-refractivity contribution in [2.24, 2.45) is 10.3 Å². The van der Waals surface area contributed by atoms with Crippen molar-refractivity contribution in [3.05, 3.63) is 135 Å². The highest BCUT2D eigenvalue weighted by molar-refractivity contribution is 7.89. The van der Waals surface area contributed by atoms with Crippen molar-refractivity contribution in [2.45, 2.75) is 29.6 Å². The first kappa shape index (κ1) is 43.5. The number of hydrogen-bond donors (Lipinski definition) is 4. The van der Waals surface area contributed by atoms with E-state index in [1.54, 1.807) is 24.3 Å². The molecule has 6 N–H and O–H groups in total. The summed E-state index contributed by atoms with van der Waals surface area (Å²) in [6.07, 6.45) is 5.34. The maximum atomic E-state index is 12.4. The Kier molecular flexibility index (Phi) is 13.5. The summed E-state index contributed by atoms with van der Waals surface area (Å²) in [4.78, 5) is 24.3. The molecule has 0 fully saturated rings. The molecule has 0 aliphatic carbocycles. The molecule has 2 aromatic heterocycles. The number of nitrogens with one attached hydrogen (secondary N) is 2. The van der Waals surface area contributed by atoms with Gasteiger partial charge in [-0.1, -0.05) is 47.0 Å². The molecular formula is C38H32Cl2N10O7S2. The molecule has 0 saturated heterocycles. The van der Waals surface area contributed by atoms with Crippen LogP contribution in [-0.4, -0.2) is 55.3 Å². The van der Waals surface area contributed by atoms with E-state index < -0.39 is 26.0 Å². The number of nitrogens with zero attached hydrogens (tertiary/aromatic N) is 6. The quantitative estimate of drug-likeness (QED) is 0.138. The van der Waals surface area contributed by atoms with Crippen LogP contribution in [0.1, 0.15) is 27.8 Å². The Morgan fingerprint density at radius 1 is 0.712 bits per heavy atom. The molecule has 2 heterocycles. The molecule has 0 unspecified atom stereocenters. The van der Waals surface area contributed by atoms with E-state index in [0.717, 1.165) is 5.56 Å². The smallest absolute Gasteiger partial charge is 0.240 e. The normalized spacial score (nSPS) is 11.1. The molecule has 302 valence electrons. The fourth-order valence-corrected chi connectivity index (χ4v) is 7.35. The second kappa shape index (κ2) is 18.3. The Morgan fingerprint density at radius 3 is 1.63 bits per heavy atom. The largest absolute Gasteiger partial charge is 0.497 e. The molecule has 6 rings (SSSR count). The van der Waals surface area contributed by atoms with Gasteiger partial charge in [-0.2, -0.15) is 20.7 Å². The summed E-state index contributed by atoms with van der Waals surface area (Å²) in [6, 6.07) is 22.5. The number of nitrogens with two attached hydrogens (primary N) is 2. The first-order chi connectivity index (χ1) is 27.9. The van der Waals surface area contributed by atoms with Crippen molar-refractivity contribution in [3.63, 3.8) is 0 Å². The first-order valence-electron chi connectivity index (χ1n) is 16.8. The van der Waals surface area contributed by atoms with Crippen molar-refractivity contribution in [1.29, 1.82) is 10.5 Å². The van der Waals surface area contributed by atoms with E-state index in [1.165, 1.54) is 77.7 Å². The summed E-state index contributed by atoms with van der Waals surface area (Å²) < 4.78 is 55.8. The van der Waals surface area contributed by atoms with Crippen LogP contribution in [0, 0.1) is 29.6 Å². The molecular weight excluding hydrogens is 844 g/mol. The minimum Gasteiger partial charge on any atom is -0.497 e. The van der Waals surface area contributed by atoms with Gasteiger partial charge in [-0.25, -0.2) is 36.5 Å². The standard InChI is InChI=1S/C19H16ClN5O4S.C19H16ClN5O3S/c1-29-15-4-2-13(16(20)8-15)6-19(26)24-14-3-5-17(18(7-14)30(22,27)28)25-11-12(9-21)10-23-25;1-12-2-4-16(20)14(6-12)7-19(26)24-15-3-5-17(18(8-15)29(22,27)28)25-11-13(9-21)10-23-25/h2-5,7-8,10-11H,6H2,1H3,(H,24,26)(H2,22,27,28);2-6,8,10-11H,7H2,1H3,(H,24,26)(H2,22,27,28). The number of nitriles is 2. The van der Waals surface area contributed by atoms with Crippen LogP contribution in [0.25, 0.3) is 11.4 Å². The number of primary sulfonamides is 2. The Bertz CT molecular complexity index is 2900. The van der Waals surface area contributed by atoms with Crippen LogP contribution in [0.4, 0.5) is 11.4 Å². The third-order valence-electron chi connectivity index (χ3n) is 8.18. The lowest BCUT2D eigenvalue weighted by Crippen LogP contribution is -2.18. The number of anilines is 2. The SMILES string of the molecule is COc1ccc(CC(=O)Nc2ccc(-n3cc(C#N)cn3)c(S(N)(=O)=O)c2)c(Cl)c1.Cc1ccc(Cl)c(CC(=O)Nc2ccc(-n3cc(C#N)cn3)c(S(N)(=O)=O)c2)c1. The number of rotatable bonds is 11. The maximum Gasteiger partial charge on any atom is 0.240 e. The van der Waals surface area contributed by atoms with E-state index in [-0.39, 0.29) is 62.4 Å². The second-order valence-electron chi connectivity index (χ2n) is 12.5. The first-order valence-corrected chi connectivity index (χ1v) is 20.6. The van der Waals surface area contributed by atoms with Gasteiger partial charge >= 0.3 is 0 Å². The minimum atomic E-state index is -4.14. The summed E-state index contributed by atoms with van der Waals surface area (Å²) >= 11 is 12.3. The van der Waals surface area contributed by atoms with E-state index >= 15 is 0 Å². The zero-order valence-electron chi connectivity index (χ0n) is 30.9. The van der Waals surface area contributed by atoms with Gasteiger partial charge in [0.2, 0.25) is 31.9 Å². The molecule has 0 radical (unpaired) electrons. The number of benzene rings is 4. The van der Waals surface area contributed by atoms with Crippen LogP contribution in [0.15, 0.2) is 107 Å². The molecule has 2 amide bonds. The predicted octanol–water partition coefficient (Wildman–Crippen LogP) is 4.77. The zero-order valence-corrected chi connectivity index (χ0v) is 34.1. The molecule has 0 atom stereocenters. The summed E-state index contributed by atoms with van der Waals surface area (Å²) in [5, 5.41) is 42.6. The Hall–Kier alpha value is -6.58. The van der Waals surface area contributed by atoms with Crippen LogP contribution in [-0.2, 0) is 42.5 Å². The van der Waals surface area contributed by atoms with Gasteiger partial charge in [0.05, 0.1) is 54.8 Å². The predicted molar refractivity (Wildman–Crippen MR) is 218 cm³/mol. The van der Waals surface area contributed by atoms with Crippen molar-refractivity contribution in [3.8, 4) is 29.3 Å². The number of carbonyl (C=O) groups is 2. The highest BCUT2D eigenvalue weighted by Gasteiger charge is 2.20. The van der Waals surface area contributed by atoms with Crippen molar-refractivity contribution < 1.29 is 31.2 Å². The van der Waals surface area contributed by atoms with Gasteiger partial charge in [-0.15, -0.1) is 0 Å². The number of hydrogen-bond acceptors (Lipinski definition) is 11. The van der Waals surface area contributed by atoms with Crippen LogP contribution < -0.4 is 25.6 Å². The molecule has 6 aromatic rings. The van der Waals surface area contributed by atoms with E-state index in [2.05, 4.69) is 20.8 Å². The summed E-state index contributed by atoms with van der Waals surface area (Å²) in [5.41, 5.74) is 3.51. The summed E-state index contributed by atoms with van der Waals surface area (Å²) in [7, 11) is -6.76. The van der Waals surface area contributed by atoms with Crippen LogP contribution in [0.3, 0.4) is 0 Å². The number of aromatic nitrogens is 4. The van der Waals surface area contributed by atoms with Crippen LogP contribution in [0.2, 0.25) is 10.0 Å². The van der Waals surface area contributed by atoms with Gasteiger partial charge in [0.25, 0.3) is 0 Å². The zero-order chi connectivity index (χ0) is 43.1. The number of amides is 2. The van der Waals surface area contributed by atoms with E-state index in [4.69, 9.17) is 48.7 Å². The molecule has 0 saturated carbocycles. The van der Waals surface area contributed by atoms with Crippen LogP contribution in [0.5, 0.6) is 5.75 Å². The van der Waals surface area contributed by atoms with E-state index in [0.29, 0.717) is 26.9 Å². The summed E-state index contributed by atoms with van der Waals surface area (Å²) in [6.45, 7) is 1.89. The molecule has 0 spiro atoms. The number of aryl methyl sites for hydroxylation is 1. The molecule has 21 heteroatoms. The molecule has 0 aliphatic rings. The van der Waals surface area contributed by atoms with E-state index in [9.17, 15) is 26.4 Å². The average Bonchev–Trinajstić information content (AvgIpc) is 3.87. The third-order valence-corrected chi connectivity index (χ3v) is 10.8. The Morgan fingerprint density at radius 2 is 1.20 bits per heavy atom. The minimum absolute atomic E-state index is 0.0255. The molecule has 0 aliphatic heterocycles. The highest BCUT2D eigenvalue weighted by Crippen LogP contribution is 2.27. The van der Waals surface area contributed by atoms with Crippen molar-refractivity contribution in [1.82, 2.24) is 19.6 Å². The van der Waals surface area contributed by atoms with Gasteiger partial charge in [-0.05, 0) is 72.6 Å². The number of ether oxygens (including phenoxy) is 1. The summed E-state index contributed by atoms with van der Waals surface area (Å²) in [5.74, 6) is -0.201. The van der Waals surface area contributed by atoms with Crippen molar-refractivity contribution in [2.75, 3.05) is 17.7 Å². The maximum absolute atomic E-state index is 12.4. The Balaban J connectivity index is 0.000000224. The highest BCUT2D eigenvalue weighted by atomic mass is 35.5. The fraction of sp³-hybridized carbons (Fsp3) is 0.105. The lowest BCUT2D eigenvalue weighted by atomic mass is 10.1. The number of carbonyl (C=O) groups excluding carboxylic acids is 2. The molecule has 4 aromatic carbocycles. The van der Waals surface area contributed by atoms with Crippen LogP contribution >= 0.6 is 23.2 Å².